The highest BCUT2D eigenvalue weighted by Gasteiger charge is 2.46. The highest BCUT2D eigenvalue weighted by Crippen LogP contribution is 2.41. The van der Waals surface area contributed by atoms with Gasteiger partial charge in [-0.2, -0.15) is 0 Å². The highest BCUT2D eigenvalue weighted by atomic mass is 32.1. The Morgan fingerprint density at radius 1 is 1.10 bits per heavy atom. The summed E-state index contributed by atoms with van der Waals surface area (Å²) in [5.41, 5.74) is 0.500. The molecule has 212 valence electrons. The number of nitrogens with zero attached hydrogens (tertiary/aromatic N) is 3. The number of likely N-dealkylation sites (N-methyl/N-ethyl adjacent to an activating group) is 1. The van der Waals surface area contributed by atoms with Gasteiger partial charge >= 0.3 is 5.97 Å². The average molecular weight is 574 g/mol. The van der Waals surface area contributed by atoms with Crippen LogP contribution in [-0.4, -0.2) is 84.6 Å². The van der Waals surface area contributed by atoms with Crippen molar-refractivity contribution < 1.29 is 37.5 Å². The van der Waals surface area contributed by atoms with Crippen LogP contribution in [0.5, 0.6) is 5.75 Å². The molecule has 1 fully saturated rings. The molecule has 2 amide bonds. The highest BCUT2D eigenvalue weighted by molar-refractivity contribution is 7.18. The Labute approximate surface area is 233 Å². The lowest BCUT2D eigenvalue weighted by Crippen LogP contribution is -2.56. The summed E-state index contributed by atoms with van der Waals surface area (Å²) in [6, 6.07) is 5.53. The number of hydrogen-bond donors (Lipinski definition) is 2. The zero-order valence-electron chi connectivity index (χ0n) is 22.6. The molecule has 0 unspecified atom stereocenters. The molecular formula is C28H31F2N4O5S+. The van der Waals surface area contributed by atoms with E-state index in [4.69, 9.17) is 4.74 Å². The van der Waals surface area contributed by atoms with E-state index >= 15 is 0 Å². The molecule has 2 heterocycles. The van der Waals surface area contributed by atoms with Crippen molar-refractivity contribution in [2.45, 2.75) is 25.8 Å². The Morgan fingerprint density at radius 2 is 1.73 bits per heavy atom. The number of halogens is 2. The van der Waals surface area contributed by atoms with Crippen molar-refractivity contribution in [3.63, 3.8) is 0 Å². The standard InChI is InChI=1S/C28H30F2N4O5S/c1-34(2)6-4-33(5-7-34)26(37)18-10-21-23(11-22(18)39-3)40-24(32-21)15-31-27(38)28(14-25(35)36)12-16-8-19(29)20(30)9-17(16)13-28/h8-11H,4-7,12-15H2,1-3H3,(H-,31,35,36,38)/p+1. The van der Waals surface area contributed by atoms with Gasteiger partial charge in [-0.1, -0.05) is 0 Å². The zero-order valence-corrected chi connectivity index (χ0v) is 23.4. The molecular weight excluding hydrogens is 542 g/mol. The number of carbonyl (C=O) groups is 3. The Bertz CT molecular complexity index is 1480. The number of ether oxygens (including phenoxy) is 1. The maximum atomic E-state index is 13.8. The number of nitrogens with one attached hydrogen (secondary N) is 1. The molecule has 40 heavy (non-hydrogen) atoms. The quantitative estimate of drug-likeness (QED) is 0.421. The number of benzene rings is 2. The minimum atomic E-state index is -1.37. The molecule has 2 aliphatic rings. The molecule has 0 atom stereocenters. The van der Waals surface area contributed by atoms with E-state index in [1.165, 1.54) is 18.4 Å². The third-order valence-electron chi connectivity index (χ3n) is 7.89. The largest absolute Gasteiger partial charge is 0.496 e. The molecule has 0 radical (unpaired) electrons. The van der Waals surface area contributed by atoms with E-state index in [-0.39, 0.29) is 25.3 Å². The Morgan fingerprint density at radius 3 is 2.30 bits per heavy atom. The number of carboxylic acid groups (broad SMARTS) is 1. The lowest BCUT2D eigenvalue weighted by Gasteiger charge is -2.39. The van der Waals surface area contributed by atoms with Gasteiger partial charge in [-0.05, 0) is 42.2 Å². The predicted molar refractivity (Wildman–Crippen MR) is 144 cm³/mol. The molecule has 3 aromatic rings. The van der Waals surface area contributed by atoms with E-state index in [9.17, 15) is 28.3 Å². The van der Waals surface area contributed by atoms with Crippen LogP contribution in [0.15, 0.2) is 24.3 Å². The van der Waals surface area contributed by atoms with Gasteiger partial charge < -0.3 is 24.5 Å². The first-order valence-electron chi connectivity index (χ1n) is 13.0. The maximum Gasteiger partial charge on any atom is 0.304 e. The molecule has 0 saturated carbocycles. The average Bonchev–Trinajstić information content (AvgIpc) is 3.46. The topological polar surface area (TPSA) is 109 Å². The number of carbonyl (C=O) groups excluding carboxylic acids is 2. The minimum absolute atomic E-state index is 0.00720. The number of carboxylic acids is 1. The lowest BCUT2D eigenvalue weighted by atomic mass is 9.80. The van der Waals surface area contributed by atoms with Gasteiger partial charge in [0.25, 0.3) is 5.91 Å². The molecule has 9 nitrogen and oxygen atoms in total. The van der Waals surface area contributed by atoms with E-state index in [0.29, 0.717) is 46.1 Å². The van der Waals surface area contributed by atoms with Crippen molar-refractivity contribution in [1.29, 1.82) is 0 Å². The van der Waals surface area contributed by atoms with Crippen LogP contribution in [0.4, 0.5) is 8.78 Å². The predicted octanol–water partition coefficient (Wildman–Crippen LogP) is 2.99. The molecule has 2 N–H and O–H groups in total. The number of rotatable bonds is 7. The van der Waals surface area contributed by atoms with Crippen LogP contribution in [0, 0.1) is 17.0 Å². The van der Waals surface area contributed by atoms with Gasteiger partial charge in [0.05, 0.1) is 81.5 Å². The third kappa shape index (κ3) is 5.37. The molecule has 2 aromatic carbocycles. The van der Waals surface area contributed by atoms with Gasteiger partial charge in [0.15, 0.2) is 11.6 Å². The van der Waals surface area contributed by atoms with Crippen molar-refractivity contribution in [2.24, 2.45) is 5.41 Å². The molecule has 0 spiro atoms. The van der Waals surface area contributed by atoms with Crippen molar-refractivity contribution in [2.75, 3.05) is 47.4 Å². The molecule has 12 heteroatoms. The van der Waals surface area contributed by atoms with Crippen molar-refractivity contribution in [3.8, 4) is 5.75 Å². The first-order chi connectivity index (χ1) is 18.9. The Hall–Kier alpha value is -3.64. The van der Waals surface area contributed by atoms with Gasteiger partial charge in [-0.3, -0.25) is 14.4 Å². The fraction of sp³-hybridized carbons (Fsp3) is 0.429. The number of aliphatic carboxylic acids is 1. The summed E-state index contributed by atoms with van der Waals surface area (Å²) in [6.45, 7) is 3.03. The van der Waals surface area contributed by atoms with E-state index in [1.807, 2.05) is 4.90 Å². The van der Waals surface area contributed by atoms with E-state index < -0.39 is 35.3 Å². The van der Waals surface area contributed by atoms with Gasteiger partial charge in [0, 0.05) is 6.07 Å². The first kappa shape index (κ1) is 27.9. The summed E-state index contributed by atoms with van der Waals surface area (Å²) in [4.78, 5) is 44.7. The summed E-state index contributed by atoms with van der Waals surface area (Å²) in [5, 5.41) is 12.9. The van der Waals surface area contributed by atoms with E-state index in [0.717, 1.165) is 34.4 Å². The smallest absolute Gasteiger partial charge is 0.304 e. The van der Waals surface area contributed by atoms with E-state index in [2.05, 4.69) is 24.4 Å². The SMILES string of the molecule is COc1cc2sc(CNC(=O)C3(CC(=O)O)Cc4cc(F)c(F)cc4C3)nc2cc1C(=O)N1CC[N+](C)(C)CC1. The second-order valence-corrected chi connectivity index (χ2v) is 12.3. The monoisotopic (exact) mass is 573 g/mol. The summed E-state index contributed by atoms with van der Waals surface area (Å²) in [7, 11) is 5.78. The lowest BCUT2D eigenvalue weighted by molar-refractivity contribution is -0.894. The number of methoxy groups -OCH3 is 1. The fourth-order valence-corrected chi connectivity index (χ4v) is 6.46. The van der Waals surface area contributed by atoms with Gasteiger partial charge in [0.1, 0.15) is 10.8 Å². The molecule has 1 aliphatic heterocycles. The van der Waals surface area contributed by atoms with Gasteiger partial charge in [-0.25, -0.2) is 13.8 Å². The minimum Gasteiger partial charge on any atom is -0.496 e. The van der Waals surface area contributed by atoms with Crippen LogP contribution >= 0.6 is 11.3 Å². The number of fused-ring (bicyclic) bond motifs is 2. The van der Waals surface area contributed by atoms with Crippen LogP contribution in [0.2, 0.25) is 0 Å². The van der Waals surface area contributed by atoms with Crippen LogP contribution in [0.3, 0.4) is 0 Å². The molecule has 1 saturated heterocycles. The van der Waals surface area contributed by atoms with Crippen LogP contribution in [0.25, 0.3) is 10.2 Å². The Balaban J connectivity index is 1.34. The molecule has 5 rings (SSSR count). The summed E-state index contributed by atoms with van der Waals surface area (Å²) < 4.78 is 34.7. The molecule has 1 aliphatic carbocycles. The zero-order chi connectivity index (χ0) is 28.8. The maximum absolute atomic E-state index is 13.8. The number of amides is 2. The summed E-state index contributed by atoms with van der Waals surface area (Å²) >= 11 is 1.32. The van der Waals surface area contributed by atoms with Crippen molar-refractivity contribution in [1.82, 2.24) is 15.2 Å². The number of piperazine rings is 1. The number of aromatic nitrogens is 1. The van der Waals surface area contributed by atoms with Gasteiger partial charge in [0.2, 0.25) is 5.91 Å². The van der Waals surface area contributed by atoms with E-state index in [1.54, 1.807) is 12.1 Å². The van der Waals surface area contributed by atoms with Crippen molar-refractivity contribution >= 4 is 39.3 Å². The summed E-state index contributed by atoms with van der Waals surface area (Å²) in [6.07, 6.45) is -0.495. The number of quaternary nitrogens is 1. The van der Waals surface area contributed by atoms with Gasteiger partial charge in [-0.15, -0.1) is 11.3 Å². The number of hydrogen-bond acceptors (Lipinski definition) is 6. The number of thiazole rings is 1. The van der Waals surface area contributed by atoms with Crippen LogP contribution < -0.4 is 10.1 Å². The normalized spacial score (nSPS) is 17.5. The van der Waals surface area contributed by atoms with Crippen molar-refractivity contribution in [3.05, 3.63) is 57.6 Å². The second kappa shape index (κ2) is 10.4. The molecule has 1 aromatic heterocycles. The van der Waals surface area contributed by atoms with Crippen LogP contribution in [0.1, 0.15) is 32.9 Å². The Kier molecular flexibility index (Phi) is 7.26. The first-order valence-corrected chi connectivity index (χ1v) is 13.8. The van der Waals surface area contributed by atoms with Crippen LogP contribution in [-0.2, 0) is 29.0 Å². The second-order valence-electron chi connectivity index (χ2n) is 11.2. The third-order valence-corrected chi connectivity index (χ3v) is 8.91. The fourth-order valence-electron chi connectivity index (χ4n) is 5.54. The molecule has 0 bridgehead atoms. The summed E-state index contributed by atoms with van der Waals surface area (Å²) in [5.74, 6) is -3.44.